The summed E-state index contributed by atoms with van der Waals surface area (Å²) in [5.41, 5.74) is 1.13. The number of rotatable bonds is 6. The lowest BCUT2D eigenvalue weighted by Gasteiger charge is -2.38. The van der Waals surface area contributed by atoms with Crippen molar-refractivity contribution in [2.24, 2.45) is 0 Å². The van der Waals surface area contributed by atoms with Crippen molar-refractivity contribution in [1.82, 2.24) is 0 Å². The number of benzene rings is 2. The van der Waals surface area contributed by atoms with Gasteiger partial charge in [0.05, 0.1) is 17.1 Å². The van der Waals surface area contributed by atoms with Gasteiger partial charge >= 0.3 is 5.97 Å². The van der Waals surface area contributed by atoms with E-state index in [1.165, 1.54) is 19.2 Å². The predicted molar refractivity (Wildman–Crippen MR) is 102 cm³/mol. The molecule has 0 aliphatic carbocycles. The standard InChI is InChI=1S/C20H22O8S/c1-13-8-10-15(11-9-13)29(23,24)28-17-16(21)12-26-20(25-2)18(17)27-19(22)14-6-4-3-5-7-14/h3-11,16-18,20-21H,12H2,1-2H3/t16-,17-,18+,20-/m0/s1. The fourth-order valence-corrected chi connectivity index (χ4v) is 3.98. The summed E-state index contributed by atoms with van der Waals surface area (Å²) in [7, 11) is -2.92. The molecule has 1 aliphatic heterocycles. The SMILES string of the molecule is CO[C@H]1OC[C@H](O)[C@H](OS(=O)(=O)c2ccc(C)cc2)[C@H]1OC(=O)c1ccccc1. The number of aryl methyl sites for hydroxylation is 1. The van der Waals surface area contributed by atoms with Gasteiger partial charge in [-0.25, -0.2) is 4.79 Å². The summed E-state index contributed by atoms with van der Waals surface area (Å²) >= 11 is 0. The highest BCUT2D eigenvalue weighted by Crippen LogP contribution is 2.27. The molecular formula is C20H22O8S. The van der Waals surface area contributed by atoms with Gasteiger partial charge in [-0.3, -0.25) is 4.18 Å². The Kier molecular flexibility index (Phi) is 6.66. The van der Waals surface area contributed by atoms with Gasteiger partial charge < -0.3 is 19.3 Å². The third-order valence-corrected chi connectivity index (χ3v) is 5.76. The summed E-state index contributed by atoms with van der Waals surface area (Å²) in [6.07, 6.45) is -5.18. The van der Waals surface area contributed by atoms with Gasteiger partial charge in [0.25, 0.3) is 10.1 Å². The Morgan fingerprint density at radius 3 is 2.34 bits per heavy atom. The van der Waals surface area contributed by atoms with Gasteiger partial charge in [0.15, 0.2) is 12.4 Å². The minimum Gasteiger partial charge on any atom is -0.450 e. The van der Waals surface area contributed by atoms with E-state index < -0.39 is 40.7 Å². The Balaban J connectivity index is 1.86. The molecule has 0 bridgehead atoms. The Labute approximate surface area is 169 Å². The Hall–Kier alpha value is -2.30. The van der Waals surface area contributed by atoms with Crippen molar-refractivity contribution >= 4 is 16.1 Å². The van der Waals surface area contributed by atoms with Crippen LogP contribution in [0.5, 0.6) is 0 Å². The second-order valence-corrected chi connectivity index (χ2v) is 8.14. The fraction of sp³-hybridized carbons (Fsp3) is 0.350. The maximum Gasteiger partial charge on any atom is 0.338 e. The first-order chi connectivity index (χ1) is 13.8. The van der Waals surface area contributed by atoms with Crippen molar-refractivity contribution in [3.05, 3.63) is 65.7 Å². The molecule has 8 nitrogen and oxygen atoms in total. The number of aliphatic hydroxyl groups is 1. The molecule has 1 aliphatic rings. The van der Waals surface area contributed by atoms with Gasteiger partial charge in [-0.05, 0) is 31.2 Å². The first-order valence-electron chi connectivity index (χ1n) is 8.90. The monoisotopic (exact) mass is 422 g/mol. The average molecular weight is 422 g/mol. The number of esters is 1. The molecule has 2 aromatic rings. The molecule has 0 aromatic heterocycles. The van der Waals surface area contributed by atoms with Crippen LogP contribution in [-0.2, 0) is 28.5 Å². The third-order valence-electron chi connectivity index (χ3n) is 4.43. The van der Waals surface area contributed by atoms with E-state index in [0.29, 0.717) is 0 Å². The van der Waals surface area contributed by atoms with Crippen LogP contribution >= 0.6 is 0 Å². The molecule has 0 amide bonds. The lowest BCUT2D eigenvalue weighted by molar-refractivity contribution is -0.255. The molecule has 2 aromatic carbocycles. The minimum atomic E-state index is -4.24. The van der Waals surface area contributed by atoms with Crippen molar-refractivity contribution < 1.29 is 36.7 Å². The van der Waals surface area contributed by atoms with E-state index in [1.807, 2.05) is 6.92 Å². The molecule has 0 unspecified atom stereocenters. The van der Waals surface area contributed by atoms with Crippen LogP contribution in [0.1, 0.15) is 15.9 Å². The molecule has 4 atom stereocenters. The van der Waals surface area contributed by atoms with E-state index in [1.54, 1.807) is 42.5 Å². The summed E-state index contributed by atoms with van der Waals surface area (Å²) in [6.45, 7) is 1.58. The summed E-state index contributed by atoms with van der Waals surface area (Å²) in [6, 6.07) is 14.2. The molecule has 1 saturated heterocycles. The zero-order chi connectivity index (χ0) is 21.0. The number of carbonyl (C=O) groups excluding carboxylic acids is 1. The van der Waals surface area contributed by atoms with E-state index in [4.69, 9.17) is 18.4 Å². The average Bonchev–Trinajstić information content (AvgIpc) is 2.71. The Morgan fingerprint density at radius 1 is 1.07 bits per heavy atom. The number of hydrogen-bond acceptors (Lipinski definition) is 8. The first-order valence-corrected chi connectivity index (χ1v) is 10.3. The predicted octanol–water partition coefficient (Wildman–Crippen LogP) is 1.66. The lowest BCUT2D eigenvalue weighted by Crippen LogP contribution is -2.56. The van der Waals surface area contributed by atoms with Crippen LogP contribution in [0.25, 0.3) is 0 Å². The topological polar surface area (TPSA) is 108 Å². The number of methoxy groups -OCH3 is 1. The van der Waals surface area contributed by atoms with Crippen LogP contribution < -0.4 is 0 Å². The van der Waals surface area contributed by atoms with E-state index >= 15 is 0 Å². The van der Waals surface area contributed by atoms with Gasteiger partial charge in [-0.2, -0.15) is 8.42 Å². The fourth-order valence-electron chi connectivity index (χ4n) is 2.87. The summed E-state index contributed by atoms with van der Waals surface area (Å²) in [5.74, 6) is -0.725. The molecule has 9 heteroatoms. The molecule has 156 valence electrons. The van der Waals surface area contributed by atoms with Crippen molar-refractivity contribution in [3.8, 4) is 0 Å². The molecule has 1 N–H and O–H groups in total. The van der Waals surface area contributed by atoms with E-state index in [0.717, 1.165) is 5.56 Å². The van der Waals surface area contributed by atoms with Gasteiger partial charge in [0.2, 0.25) is 0 Å². The lowest BCUT2D eigenvalue weighted by atomic mass is 10.1. The maximum atomic E-state index is 12.7. The Morgan fingerprint density at radius 2 is 1.72 bits per heavy atom. The largest absolute Gasteiger partial charge is 0.450 e. The third kappa shape index (κ3) is 5.01. The highest BCUT2D eigenvalue weighted by molar-refractivity contribution is 7.86. The number of ether oxygens (including phenoxy) is 3. The Bertz CT molecular complexity index is 927. The van der Waals surface area contributed by atoms with Crippen LogP contribution in [0.3, 0.4) is 0 Å². The van der Waals surface area contributed by atoms with Gasteiger partial charge in [0.1, 0.15) is 12.2 Å². The van der Waals surface area contributed by atoms with Crippen LogP contribution in [0.2, 0.25) is 0 Å². The van der Waals surface area contributed by atoms with Crippen molar-refractivity contribution in [3.63, 3.8) is 0 Å². The molecule has 1 fully saturated rings. The second kappa shape index (κ2) is 9.02. The highest BCUT2D eigenvalue weighted by Gasteiger charge is 2.46. The second-order valence-electron chi connectivity index (χ2n) is 6.57. The first kappa shape index (κ1) is 21.4. The number of aliphatic hydroxyl groups excluding tert-OH is 1. The van der Waals surface area contributed by atoms with Gasteiger partial charge in [-0.15, -0.1) is 0 Å². The molecule has 0 saturated carbocycles. The van der Waals surface area contributed by atoms with E-state index in [9.17, 15) is 18.3 Å². The van der Waals surface area contributed by atoms with Crippen molar-refractivity contribution in [2.75, 3.05) is 13.7 Å². The minimum absolute atomic E-state index is 0.0797. The number of carbonyl (C=O) groups is 1. The highest BCUT2D eigenvalue weighted by atomic mass is 32.2. The van der Waals surface area contributed by atoms with Gasteiger partial charge in [0, 0.05) is 7.11 Å². The zero-order valence-electron chi connectivity index (χ0n) is 15.9. The molecule has 29 heavy (non-hydrogen) atoms. The zero-order valence-corrected chi connectivity index (χ0v) is 16.7. The van der Waals surface area contributed by atoms with Crippen LogP contribution in [0.15, 0.2) is 59.5 Å². The number of hydrogen-bond donors (Lipinski definition) is 1. The molecular weight excluding hydrogens is 400 g/mol. The van der Waals surface area contributed by atoms with Crippen LogP contribution in [-0.4, -0.2) is 57.8 Å². The normalized spacial score (nSPS) is 24.8. The van der Waals surface area contributed by atoms with Crippen molar-refractivity contribution in [1.29, 1.82) is 0 Å². The van der Waals surface area contributed by atoms with Crippen LogP contribution in [0.4, 0.5) is 0 Å². The molecule has 3 rings (SSSR count). The smallest absolute Gasteiger partial charge is 0.338 e. The van der Waals surface area contributed by atoms with Crippen molar-refractivity contribution in [2.45, 2.75) is 36.4 Å². The van der Waals surface area contributed by atoms with Gasteiger partial charge in [-0.1, -0.05) is 35.9 Å². The quantitative estimate of drug-likeness (QED) is 0.553. The molecule has 0 spiro atoms. The van der Waals surface area contributed by atoms with E-state index in [2.05, 4.69) is 0 Å². The summed E-state index contributed by atoms with van der Waals surface area (Å²) in [5, 5.41) is 10.3. The summed E-state index contributed by atoms with van der Waals surface area (Å²) < 4.78 is 46.6. The molecule has 1 heterocycles. The molecule has 0 radical (unpaired) electrons. The van der Waals surface area contributed by atoms with Crippen LogP contribution in [0, 0.1) is 6.92 Å². The summed E-state index contributed by atoms with van der Waals surface area (Å²) in [4.78, 5) is 12.4. The maximum absolute atomic E-state index is 12.7. The van der Waals surface area contributed by atoms with E-state index in [-0.39, 0.29) is 17.1 Å².